The maximum absolute atomic E-state index is 11.7. The predicted octanol–water partition coefficient (Wildman–Crippen LogP) is 1.67. The summed E-state index contributed by atoms with van der Waals surface area (Å²) in [5.41, 5.74) is 1.15. The molecule has 0 aliphatic heterocycles. The number of aromatic nitrogens is 3. The van der Waals surface area contributed by atoms with Crippen LogP contribution in [0.2, 0.25) is 0 Å². The van der Waals surface area contributed by atoms with E-state index in [9.17, 15) is 4.79 Å². The van der Waals surface area contributed by atoms with Crippen molar-refractivity contribution < 1.29 is 4.79 Å². The number of amides is 1. The fourth-order valence-corrected chi connectivity index (χ4v) is 1.81. The highest BCUT2D eigenvalue weighted by molar-refractivity contribution is 5.92. The second-order valence-corrected chi connectivity index (χ2v) is 4.53. The number of carbonyl (C=O) groups is 1. The van der Waals surface area contributed by atoms with Crippen LogP contribution in [-0.4, -0.2) is 20.7 Å². The first kappa shape index (κ1) is 11.0. The molecule has 0 atom stereocenters. The third kappa shape index (κ3) is 2.40. The van der Waals surface area contributed by atoms with Crippen LogP contribution in [0.5, 0.6) is 0 Å². The summed E-state index contributed by atoms with van der Waals surface area (Å²) in [5, 5.41) is 10.6. The Bertz CT molecular complexity index is 545. The van der Waals surface area contributed by atoms with Crippen LogP contribution in [0.4, 0.5) is 5.95 Å². The maximum atomic E-state index is 11.7. The highest BCUT2D eigenvalue weighted by Crippen LogP contribution is 2.29. The van der Waals surface area contributed by atoms with Crippen LogP contribution in [-0.2, 0) is 11.3 Å². The van der Waals surface area contributed by atoms with Gasteiger partial charge >= 0.3 is 0 Å². The van der Waals surface area contributed by atoms with E-state index in [4.69, 9.17) is 0 Å². The lowest BCUT2D eigenvalue weighted by atomic mass is 10.2. The molecule has 1 heterocycles. The topological polar surface area (TPSA) is 59.8 Å². The number of nitrogens with one attached hydrogen (secondary N) is 1. The molecule has 3 rings (SSSR count). The fourth-order valence-electron chi connectivity index (χ4n) is 1.81. The van der Waals surface area contributed by atoms with Crippen molar-refractivity contribution in [2.24, 2.45) is 5.92 Å². The number of benzene rings is 1. The minimum Gasteiger partial charge on any atom is -0.295 e. The highest BCUT2D eigenvalue weighted by Gasteiger charge is 2.30. The average molecular weight is 242 g/mol. The first-order chi connectivity index (χ1) is 8.83. The Kier molecular flexibility index (Phi) is 2.80. The van der Waals surface area contributed by atoms with E-state index in [1.54, 1.807) is 6.33 Å². The summed E-state index contributed by atoms with van der Waals surface area (Å²) in [6.07, 6.45) is 3.60. The van der Waals surface area contributed by atoms with Crippen molar-refractivity contribution >= 4 is 11.9 Å². The molecule has 1 aliphatic carbocycles. The number of carbonyl (C=O) groups excluding carboxylic acids is 1. The van der Waals surface area contributed by atoms with Crippen LogP contribution < -0.4 is 5.32 Å². The highest BCUT2D eigenvalue weighted by atomic mass is 16.2. The molecule has 92 valence electrons. The zero-order valence-corrected chi connectivity index (χ0v) is 9.91. The molecule has 1 aromatic heterocycles. The summed E-state index contributed by atoms with van der Waals surface area (Å²) in [6.45, 7) is 0.661. The molecule has 18 heavy (non-hydrogen) atoms. The van der Waals surface area contributed by atoms with Crippen molar-refractivity contribution in [3.8, 4) is 0 Å². The molecule has 1 aromatic carbocycles. The Labute approximate surface area is 105 Å². The van der Waals surface area contributed by atoms with Gasteiger partial charge in [0.1, 0.15) is 6.33 Å². The second kappa shape index (κ2) is 4.60. The molecule has 1 fully saturated rings. The Hall–Kier alpha value is -2.17. The van der Waals surface area contributed by atoms with Crippen LogP contribution in [0.1, 0.15) is 18.4 Å². The summed E-state index contributed by atoms with van der Waals surface area (Å²) in [4.78, 5) is 11.7. The SMILES string of the molecule is O=C(Nc1nncn1Cc1ccccc1)C1CC1. The normalized spacial score (nSPS) is 14.4. The third-order valence-electron chi connectivity index (χ3n) is 2.99. The van der Waals surface area contributed by atoms with Gasteiger partial charge in [-0.1, -0.05) is 30.3 Å². The van der Waals surface area contributed by atoms with E-state index in [0.717, 1.165) is 18.4 Å². The van der Waals surface area contributed by atoms with Gasteiger partial charge in [0.15, 0.2) is 0 Å². The number of nitrogens with zero attached hydrogens (tertiary/aromatic N) is 3. The van der Waals surface area contributed by atoms with E-state index in [2.05, 4.69) is 15.5 Å². The molecule has 1 N–H and O–H groups in total. The number of anilines is 1. The van der Waals surface area contributed by atoms with Crippen LogP contribution in [0, 0.1) is 5.92 Å². The Morgan fingerprint density at radius 3 is 2.83 bits per heavy atom. The van der Waals surface area contributed by atoms with E-state index >= 15 is 0 Å². The van der Waals surface area contributed by atoms with Crippen molar-refractivity contribution in [1.29, 1.82) is 0 Å². The van der Waals surface area contributed by atoms with Crippen molar-refractivity contribution in [2.45, 2.75) is 19.4 Å². The lowest BCUT2D eigenvalue weighted by Gasteiger charge is -2.07. The van der Waals surface area contributed by atoms with Gasteiger partial charge in [0.2, 0.25) is 11.9 Å². The zero-order chi connectivity index (χ0) is 12.4. The quantitative estimate of drug-likeness (QED) is 0.887. The largest absolute Gasteiger partial charge is 0.295 e. The summed E-state index contributed by atoms with van der Waals surface area (Å²) in [6, 6.07) is 10.0. The summed E-state index contributed by atoms with van der Waals surface area (Å²) < 4.78 is 1.84. The van der Waals surface area contributed by atoms with Gasteiger partial charge in [-0.3, -0.25) is 14.7 Å². The van der Waals surface area contributed by atoms with Gasteiger partial charge in [-0.05, 0) is 18.4 Å². The van der Waals surface area contributed by atoms with E-state index in [-0.39, 0.29) is 11.8 Å². The van der Waals surface area contributed by atoms with E-state index in [1.807, 2.05) is 34.9 Å². The summed E-state index contributed by atoms with van der Waals surface area (Å²) in [5.74, 6) is 0.750. The minimum atomic E-state index is 0.0531. The van der Waals surface area contributed by atoms with E-state index in [0.29, 0.717) is 12.5 Å². The number of hydrogen-bond acceptors (Lipinski definition) is 3. The Morgan fingerprint density at radius 2 is 2.11 bits per heavy atom. The standard InChI is InChI=1S/C13H14N4O/c18-12(11-6-7-11)15-13-16-14-9-17(13)8-10-4-2-1-3-5-10/h1-5,9,11H,6-8H2,(H,15,16,18). The second-order valence-electron chi connectivity index (χ2n) is 4.53. The Morgan fingerprint density at radius 1 is 1.33 bits per heavy atom. The van der Waals surface area contributed by atoms with Gasteiger partial charge in [0.25, 0.3) is 0 Å². The molecule has 5 heteroatoms. The molecule has 0 radical (unpaired) electrons. The first-order valence-electron chi connectivity index (χ1n) is 6.05. The van der Waals surface area contributed by atoms with Crippen LogP contribution in [0.3, 0.4) is 0 Å². The van der Waals surface area contributed by atoms with Crippen LogP contribution in [0.25, 0.3) is 0 Å². The van der Waals surface area contributed by atoms with Gasteiger partial charge < -0.3 is 0 Å². The molecule has 1 amide bonds. The van der Waals surface area contributed by atoms with Crippen LogP contribution >= 0.6 is 0 Å². The molecular formula is C13H14N4O. The van der Waals surface area contributed by atoms with E-state index in [1.165, 1.54) is 0 Å². The first-order valence-corrected chi connectivity index (χ1v) is 6.05. The average Bonchev–Trinajstić information content (AvgIpc) is 3.16. The third-order valence-corrected chi connectivity index (χ3v) is 2.99. The van der Waals surface area contributed by atoms with Crippen molar-refractivity contribution in [2.75, 3.05) is 5.32 Å². The van der Waals surface area contributed by atoms with Crippen LogP contribution in [0.15, 0.2) is 36.7 Å². The van der Waals surface area contributed by atoms with Gasteiger partial charge in [0.05, 0.1) is 6.54 Å². The summed E-state index contributed by atoms with van der Waals surface area (Å²) in [7, 11) is 0. The molecule has 0 spiro atoms. The fraction of sp³-hybridized carbons (Fsp3) is 0.308. The molecule has 5 nitrogen and oxygen atoms in total. The van der Waals surface area contributed by atoms with Crippen molar-refractivity contribution in [1.82, 2.24) is 14.8 Å². The van der Waals surface area contributed by atoms with Crippen molar-refractivity contribution in [3.05, 3.63) is 42.2 Å². The Balaban J connectivity index is 1.72. The smallest absolute Gasteiger partial charge is 0.231 e. The van der Waals surface area contributed by atoms with Crippen molar-refractivity contribution in [3.63, 3.8) is 0 Å². The van der Waals surface area contributed by atoms with Gasteiger partial charge in [-0.15, -0.1) is 10.2 Å². The maximum Gasteiger partial charge on any atom is 0.231 e. The lowest BCUT2D eigenvalue weighted by Crippen LogP contribution is -2.17. The molecule has 1 aliphatic rings. The predicted molar refractivity (Wildman–Crippen MR) is 66.9 cm³/mol. The lowest BCUT2D eigenvalue weighted by molar-refractivity contribution is -0.117. The monoisotopic (exact) mass is 242 g/mol. The zero-order valence-electron chi connectivity index (χ0n) is 9.91. The molecule has 0 bridgehead atoms. The molecule has 2 aromatic rings. The molecule has 1 saturated carbocycles. The minimum absolute atomic E-state index is 0.0531. The van der Waals surface area contributed by atoms with Gasteiger partial charge in [-0.2, -0.15) is 0 Å². The molecule has 0 unspecified atom stereocenters. The van der Waals surface area contributed by atoms with Gasteiger partial charge in [0, 0.05) is 5.92 Å². The van der Waals surface area contributed by atoms with E-state index < -0.39 is 0 Å². The number of hydrogen-bond donors (Lipinski definition) is 1. The molecular weight excluding hydrogens is 228 g/mol. The van der Waals surface area contributed by atoms with Gasteiger partial charge in [-0.25, -0.2) is 0 Å². The number of rotatable bonds is 4. The summed E-state index contributed by atoms with van der Waals surface area (Å²) >= 11 is 0. The molecule has 0 saturated heterocycles.